The summed E-state index contributed by atoms with van der Waals surface area (Å²) in [6, 6.07) is 5.87. The molecule has 4 heteroatoms. The highest BCUT2D eigenvalue weighted by molar-refractivity contribution is 5.47. The first kappa shape index (κ1) is 14.2. The van der Waals surface area contributed by atoms with E-state index in [0.717, 1.165) is 44.1 Å². The van der Waals surface area contributed by atoms with E-state index >= 15 is 0 Å². The largest absolute Gasteiger partial charge is 0.494 e. The number of benzene rings is 1. The number of nitrogens with zero attached hydrogens (tertiary/aromatic N) is 1. The predicted octanol–water partition coefficient (Wildman–Crippen LogP) is 2.28. The van der Waals surface area contributed by atoms with Crippen LogP contribution in [0.2, 0.25) is 0 Å². The van der Waals surface area contributed by atoms with E-state index < -0.39 is 0 Å². The lowest BCUT2D eigenvalue weighted by Gasteiger charge is -2.32. The summed E-state index contributed by atoms with van der Waals surface area (Å²) in [6.07, 6.45) is 1.41. The molecule has 19 heavy (non-hydrogen) atoms. The minimum atomic E-state index is 0.352. The van der Waals surface area contributed by atoms with Crippen molar-refractivity contribution >= 4 is 5.69 Å². The number of hydrogen-bond acceptors (Lipinski definition) is 4. The van der Waals surface area contributed by atoms with Crippen molar-refractivity contribution in [2.24, 2.45) is 0 Å². The van der Waals surface area contributed by atoms with E-state index in [1.165, 1.54) is 5.56 Å². The summed E-state index contributed by atoms with van der Waals surface area (Å²) in [5.41, 5.74) is 7.84. The van der Waals surface area contributed by atoms with Gasteiger partial charge in [0.05, 0.1) is 19.3 Å². The van der Waals surface area contributed by atoms with Crippen LogP contribution in [0.1, 0.15) is 25.8 Å². The van der Waals surface area contributed by atoms with Crippen LogP contribution in [0.5, 0.6) is 5.75 Å². The minimum absolute atomic E-state index is 0.352. The lowest BCUT2D eigenvalue weighted by Crippen LogP contribution is -2.41. The van der Waals surface area contributed by atoms with E-state index in [1.807, 2.05) is 25.1 Å². The maximum Gasteiger partial charge on any atom is 0.123 e. The Morgan fingerprint density at radius 3 is 3.00 bits per heavy atom. The maximum atomic E-state index is 5.88. The van der Waals surface area contributed by atoms with Gasteiger partial charge in [-0.15, -0.1) is 0 Å². The third-order valence-electron chi connectivity index (χ3n) is 3.46. The molecule has 2 N–H and O–H groups in total. The summed E-state index contributed by atoms with van der Waals surface area (Å²) in [6.45, 7) is 8.48. The van der Waals surface area contributed by atoms with Gasteiger partial charge in [-0.1, -0.05) is 6.92 Å². The number of ether oxygens (including phenoxy) is 2. The van der Waals surface area contributed by atoms with Gasteiger partial charge >= 0.3 is 0 Å². The Balaban J connectivity index is 2.06. The Morgan fingerprint density at radius 2 is 2.26 bits per heavy atom. The van der Waals surface area contributed by atoms with Crippen molar-refractivity contribution in [3.05, 3.63) is 23.8 Å². The minimum Gasteiger partial charge on any atom is -0.494 e. The molecule has 1 atom stereocenters. The van der Waals surface area contributed by atoms with Crippen LogP contribution in [-0.2, 0) is 11.3 Å². The van der Waals surface area contributed by atoms with Crippen molar-refractivity contribution in [2.75, 3.05) is 32.0 Å². The van der Waals surface area contributed by atoms with Gasteiger partial charge in [-0.2, -0.15) is 0 Å². The molecule has 0 bridgehead atoms. The molecule has 4 nitrogen and oxygen atoms in total. The summed E-state index contributed by atoms with van der Waals surface area (Å²) in [5, 5.41) is 0. The Labute approximate surface area is 115 Å². The number of morpholine rings is 1. The number of nitrogen functional groups attached to an aromatic ring is 1. The summed E-state index contributed by atoms with van der Waals surface area (Å²) >= 11 is 0. The summed E-state index contributed by atoms with van der Waals surface area (Å²) in [5.74, 6) is 0.941. The van der Waals surface area contributed by atoms with Crippen molar-refractivity contribution in [2.45, 2.75) is 32.9 Å². The molecule has 0 aliphatic carbocycles. The van der Waals surface area contributed by atoms with E-state index in [-0.39, 0.29) is 0 Å². The van der Waals surface area contributed by atoms with Crippen molar-refractivity contribution in [3.8, 4) is 5.75 Å². The Hall–Kier alpha value is -1.26. The molecular weight excluding hydrogens is 240 g/mol. The standard InChI is InChI=1S/C15H24N2O2/c1-3-14-11-17(7-8-19-14)10-12-9-13(16)5-6-15(12)18-4-2/h5-6,9,14H,3-4,7-8,10-11,16H2,1-2H3. The number of rotatable bonds is 5. The Kier molecular flexibility index (Phi) is 5.05. The molecule has 1 saturated heterocycles. The van der Waals surface area contributed by atoms with Crippen molar-refractivity contribution in [1.29, 1.82) is 0 Å². The van der Waals surface area contributed by atoms with E-state index in [2.05, 4.69) is 11.8 Å². The van der Waals surface area contributed by atoms with Crippen LogP contribution in [0.3, 0.4) is 0 Å². The lowest BCUT2D eigenvalue weighted by molar-refractivity contribution is -0.0326. The average molecular weight is 264 g/mol. The molecule has 2 rings (SSSR count). The first-order valence-electron chi connectivity index (χ1n) is 7.08. The molecule has 1 aliphatic heterocycles. The molecule has 1 fully saturated rings. The van der Waals surface area contributed by atoms with Gasteiger partial charge in [0.1, 0.15) is 5.75 Å². The molecule has 1 aromatic rings. The Morgan fingerprint density at radius 1 is 1.42 bits per heavy atom. The topological polar surface area (TPSA) is 47.7 Å². The zero-order valence-corrected chi connectivity index (χ0v) is 11.9. The first-order chi connectivity index (χ1) is 9.22. The predicted molar refractivity (Wildman–Crippen MR) is 77.3 cm³/mol. The molecule has 1 unspecified atom stereocenters. The summed E-state index contributed by atoms with van der Waals surface area (Å²) in [7, 11) is 0. The Bertz CT molecular complexity index is 409. The zero-order chi connectivity index (χ0) is 13.7. The number of hydrogen-bond donors (Lipinski definition) is 1. The smallest absolute Gasteiger partial charge is 0.123 e. The highest BCUT2D eigenvalue weighted by atomic mass is 16.5. The zero-order valence-electron chi connectivity index (χ0n) is 11.9. The molecule has 106 valence electrons. The van der Waals surface area contributed by atoms with Gasteiger partial charge in [-0.05, 0) is 31.5 Å². The second-order valence-electron chi connectivity index (χ2n) is 4.94. The quantitative estimate of drug-likeness (QED) is 0.829. The van der Waals surface area contributed by atoms with E-state index in [0.29, 0.717) is 12.7 Å². The molecule has 0 spiro atoms. The fourth-order valence-electron chi connectivity index (χ4n) is 2.43. The maximum absolute atomic E-state index is 5.88. The van der Waals surface area contributed by atoms with Crippen molar-refractivity contribution in [1.82, 2.24) is 4.90 Å². The number of anilines is 1. The molecule has 1 aromatic carbocycles. The molecule has 1 heterocycles. The normalized spacial score (nSPS) is 20.4. The summed E-state index contributed by atoms with van der Waals surface area (Å²) < 4.78 is 11.4. The third-order valence-corrected chi connectivity index (χ3v) is 3.46. The monoisotopic (exact) mass is 264 g/mol. The molecule has 0 amide bonds. The molecule has 0 radical (unpaired) electrons. The lowest BCUT2D eigenvalue weighted by atomic mass is 10.1. The average Bonchev–Trinajstić information content (AvgIpc) is 2.42. The van der Waals surface area contributed by atoms with Crippen LogP contribution in [0.15, 0.2) is 18.2 Å². The van der Waals surface area contributed by atoms with Gasteiger partial charge in [-0.25, -0.2) is 0 Å². The van der Waals surface area contributed by atoms with Crippen molar-refractivity contribution < 1.29 is 9.47 Å². The van der Waals surface area contributed by atoms with Crippen LogP contribution in [0.25, 0.3) is 0 Å². The van der Waals surface area contributed by atoms with Gasteiger partial charge in [0, 0.05) is 30.9 Å². The van der Waals surface area contributed by atoms with E-state index in [9.17, 15) is 0 Å². The van der Waals surface area contributed by atoms with Crippen LogP contribution in [-0.4, -0.2) is 37.3 Å². The van der Waals surface area contributed by atoms with Crippen LogP contribution < -0.4 is 10.5 Å². The second kappa shape index (κ2) is 6.78. The molecule has 0 aromatic heterocycles. The first-order valence-corrected chi connectivity index (χ1v) is 7.08. The molecular formula is C15H24N2O2. The highest BCUT2D eigenvalue weighted by Gasteiger charge is 2.20. The second-order valence-corrected chi connectivity index (χ2v) is 4.94. The van der Waals surface area contributed by atoms with Crippen LogP contribution in [0.4, 0.5) is 5.69 Å². The van der Waals surface area contributed by atoms with Gasteiger partial charge in [0.15, 0.2) is 0 Å². The molecule has 1 aliphatic rings. The van der Waals surface area contributed by atoms with Crippen LogP contribution >= 0.6 is 0 Å². The fraction of sp³-hybridized carbons (Fsp3) is 0.600. The van der Waals surface area contributed by atoms with E-state index in [1.54, 1.807) is 0 Å². The van der Waals surface area contributed by atoms with Gasteiger partial charge in [0.25, 0.3) is 0 Å². The molecule has 0 saturated carbocycles. The summed E-state index contributed by atoms with van der Waals surface area (Å²) in [4.78, 5) is 2.41. The van der Waals surface area contributed by atoms with Crippen molar-refractivity contribution in [3.63, 3.8) is 0 Å². The van der Waals surface area contributed by atoms with E-state index in [4.69, 9.17) is 15.2 Å². The van der Waals surface area contributed by atoms with Crippen LogP contribution in [0, 0.1) is 0 Å². The number of nitrogens with two attached hydrogens (primary N) is 1. The fourth-order valence-corrected chi connectivity index (χ4v) is 2.43. The van der Waals surface area contributed by atoms with Gasteiger partial charge in [0.2, 0.25) is 0 Å². The highest BCUT2D eigenvalue weighted by Crippen LogP contribution is 2.24. The van der Waals surface area contributed by atoms with Gasteiger partial charge in [-0.3, -0.25) is 4.90 Å². The SMILES string of the molecule is CCOc1ccc(N)cc1CN1CCOC(CC)C1. The van der Waals surface area contributed by atoms with Gasteiger partial charge < -0.3 is 15.2 Å². The third kappa shape index (κ3) is 3.85.